The Labute approximate surface area is 227 Å². The van der Waals surface area contributed by atoms with Crippen molar-refractivity contribution in [1.29, 1.82) is 0 Å². The summed E-state index contributed by atoms with van der Waals surface area (Å²) in [6.45, 7) is 0. The number of amides is 1. The number of nitrogens with one attached hydrogen (secondary N) is 2. The molecule has 6 rings (SSSR count). The number of nitrogens with zero attached hydrogens (tertiary/aromatic N) is 4. The van der Waals surface area contributed by atoms with Crippen LogP contribution in [0.25, 0.3) is 27.6 Å². The fourth-order valence-electron chi connectivity index (χ4n) is 4.18. The van der Waals surface area contributed by atoms with Crippen LogP contribution < -0.4 is 10.6 Å². The molecule has 0 aliphatic rings. The maximum Gasteiger partial charge on any atom is 0.228 e. The highest BCUT2D eigenvalue weighted by molar-refractivity contribution is 7.15. The average Bonchev–Trinajstić information content (AvgIpc) is 3.53. The lowest BCUT2D eigenvalue weighted by atomic mass is 10.1. The third-order valence-corrected chi connectivity index (χ3v) is 6.90. The summed E-state index contributed by atoms with van der Waals surface area (Å²) in [5, 5.41) is 8.89. The van der Waals surface area contributed by atoms with Gasteiger partial charge in [0, 0.05) is 39.7 Å². The van der Waals surface area contributed by atoms with Gasteiger partial charge >= 0.3 is 0 Å². The summed E-state index contributed by atoms with van der Waals surface area (Å²) in [5.74, 6) is 0.385. The van der Waals surface area contributed by atoms with Crippen molar-refractivity contribution in [3.05, 3.63) is 113 Å². The van der Waals surface area contributed by atoms with E-state index in [-0.39, 0.29) is 5.91 Å². The van der Waals surface area contributed by atoms with Crippen molar-refractivity contribution in [2.45, 2.75) is 6.42 Å². The Morgan fingerprint density at radius 3 is 2.61 bits per heavy atom. The largest absolute Gasteiger partial charge is 0.326 e. The number of hydrogen-bond acceptors (Lipinski definition) is 6. The number of imidazole rings is 1. The number of fused-ring (bicyclic) bond motifs is 1. The number of anilines is 3. The van der Waals surface area contributed by atoms with E-state index in [4.69, 9.17) is 21.6 Å². The third-order valence-electron chi connectivity index (χ3n) is 5.89. The molecule has 0 saturated heterocycles. The Kier molecular flexibility index (Phi) is 6.56. The maximum atomic E-state index is 12.7. The van der Waals surface area contributed by atoms with Crippen molar-refractivity contribution >= 4 is 51.1 Å². The minimum Gasteiger partial charge on any atom is -0.326 e. The first-order valence-corrected chi connectivity index (χ1v) is 13.1. The van der Waals surface area contributed by atoms with Crippen molar-refractivity contribution in [3.8, 4) is 22.6 Å². The van der Waals surface area contributed by atoms with Crippen molar-refractivity contribution in [2.75, 3.05) is 10.6 Å². The van der Waals surface area contributed by atoms with E-state index in [0.717, 1.165) is 38.9 Å². The quantitative estimate of drug-likeness (QED) is 0.227. The monoisotopic (exact) mass is 536 g/mol. The van der Waals surface area contributed by atoms with E-state index >= 15 is 0 Å². The fourth-order valence-corrected chi connectivity index (χ4v) is 5.02. The molecule has 38 heavy (non-hydrogen) atoms. The minimum atomic E-state index is -0.0758. The summed E-state index contributed by atoms with van der Waals surface area (Å²) in [4.78, 5) is 27.6. The predicted octanol–water partition coefficient (Wildman–Crippen LogP) is 7.10. The van der Waals surface area contributed by atoms with Gasteiger partial charge in [-0.1, -0.05) is 54.1 Å². The average molecular weight is 537 g/mol. The van der Waals surface area contributed by atoms with E-state index < -0.39 is 0 Å². The van der Waals surface area contributed by atoms with E-state index in [1.165, 1.54) is 0 Å². The maximum absolute atomic E-state index is 12.7. The Hall–Kier alpha value is -4.53. The Morgan fingerprint density at radius 2 is 1.76 bits per heavy atom. The molecule has 0 aliphatic heterocycles. The molecule has 2 N–H and O–H groups in total. The van der Waals surface area contributed by atoms with E-state index in [2.05, 4.69) is 15.6 Å². The second-order valence-corrected chi connectivity index (χ2v) is 9.86. The highest BCUT2D eigenvalue weighted by Gasteiger charge is 2.19. The molecule has 1 amide bonds. The van der Waals surface area contributed by atoms with Gasteiger partial charge < -0.3 is 10.6 Å². The number of carbonyl (C=O) groups excluding carboxylic acids is 1. The van der Waals surface area contributed by atoms with Gasteiger partial charge in [-0.3, -0.25) is 9.20 Å². The molecular formula is C29H21ClN6OS. The summed E-state index contributed by atoms with van der Waals surface area (Å²) in [5.41, 5.74) is 5.71. The zero-order valence-corrected chi connectivity index (χ0v) is 21.6. The summed E-state index contributed by atoms with van der Waals surface area (Å²) >= 11 is 7.56. The van der Waals surface area contributed by atoms with E-state index in [1.807, 2.05) is 101 Å². The molecule has 0 fully saturated rings. The molecule has 0 radical (unpaired) electrons. The smallest absolute Gasteiger partial charge is 0.228 e. The van der Waals surface area contributed by atoms with Crippen LogP contribution in [0.5, 0.6) is 0 Å². The second kappa shape index (κ2) is 10.5. The molecule has 0 atom stereocenters. The predicted molar refractivity (Wildman–Crippen MR) is 153 cm³/mol. The number of rotatable bonds is 7. The lowest BCUT2D eigenvalue weighted by molar-refractivity contribution is -0.115. The van der Waals surface area contributed by atoms with Crippen LogP contribution in [0, 0.1) is 0 Å². The van der Waals surface area contributed by atoms with Crippen LogP contribution in [0.2, 0.25) is 5.02 Å². The van der Waals surface area contributed by atoms with Gasteiger partial charge in [-0.2, -0.15) is 0 Å². The van der Waals surface area contributed by atoms with Crippen molar-refractivity contribution < 1.29 is 4.79 Å². The molecule has 0 spiro atoms. The lowest BCUT2D eigenvalue weighted by Crippen LogP contribution is -2.14. The number of hydrogen-bond donors (Lipinski definition) is 2. The summed E-state index contributed by atoms with van der Waals surface area (Å²) in [6, 6.07) is 26.6. The summed E-state index contributed by atoms with van der Waals surface area (Å²) in [7, 11) is 0. The second-order valence-electron chi connectivity index (χ2n) is 8.55. The number of thiazole rings is 1. The molecule has 0 aliphatic carbocycles. The fraction of sp³-hybridized carbons (Fsp3) is 0.0345. The van der Waals surface area contributed by atoms with Crippen LogP contribution in [0.3, 0.4) is 0 Å². The Morgan fingerprint density at radius 1 is 0.921 bits per heavy atom. The molecule has 6 aromatic rings. The third kappa shape index (κ3) is 5.13. The molecule has 0 bridgehead atoms. The molecule has 3 aromatic heterocycles. The van der Waals surface area contributed by atoms with Gasteiger partial charge in [0.2, 0.25) is 11.9 Å². The normalized spacial score (nSPS) is 11.0. The van der Waals surface area contributed by atoms with Crippen LogP contribution in [-0.2, 0) is 11.2 Å². The summed E-state index contributed by atoms with van der Waals surface area (Å²) in [6.07, 6.45) is 4.00. The molecule has 0 unspecified atom stereocenters. The molecule has 3 aromatic carbocycles. The van der Waals surface area contributed by atoms with Gasteiger partial charge in [-0.05, 0) is 48.0 Å². The minimum absolute atomic E-state index is 0.0758. The Balaban J connectivity index is 1.32. The molecule has 9 heteroatoms. The first-order chi connectivity index (χ1) is 18.6. The first-order valence-electron chi connectivity index (χ1n) is 11.9. The topological polar surface area (TPSA) is 84.2 Å². The lowest BCUT2D eigenvalue weighted by Gasteiger charge is -2.10. The van der Waals surface area contributed by atoms with Gasteiger partial charge in [0.05, 0.1) is 17.8 Å². The molecule has 186 valence electrons. The van der Waals surface area contributed by atoms with Gasteiger partial charge in [0.1, 0.15) is 5.69 Å². The molecule has 7 nitrogen and oxygen atoms in total. The van der Waals surface area contributed by atoms with Crippen LogP contribution in [0.4, 0.5) is 17.3 Å². The number of aromatic nitrogens is 4. The molecular weight excluding hydrogens is 516 g/mol. The van der Waals surface area contributed by atoms with Crippen LogP contribution in [-0.4, -0.2) is 25.3 Å². The van der Waals surface area contributed by atoms with Crippen molar-refractivity contribution in [1.82, 2.24) is 19.4 Å². The number of carbonyl (C=O) groups is 1. The van der Waals surface area contributed by atoms with Gasteiger partial charge in [0.15, 0.2) is 4.96 Å². The summed E-state index contributed by atoms with van der Waals surface area (Å²) < 4.78 is 2.02. The standard InChI is InChI=1S/C29H21ClN6OS/c30-21-9-11-22(12-10-21)33-28-31-14-13-24(34-28)27-26(35-29-36(27)15-16-38-29)20-7-4-8-23(18-20)32-25(37)17-19-5-2-1-3-6-19/h1-16,18H,17H2,(H,32,37)(H,31,33,34). The van der Waals surface area contributed by atoms with Crippen molar-refractivity contribution in [3.63, 3.8) is 0 Å². The van der Waals surface area contributed by atoms with Crippen LogP contribution >= 0.6 is 22.9 Å². The highest BCUT2D eigenvalue weighted by Crippen LogP contribution is 2.34. The highest BCUT2D eigenvalue weighted by atomic mass is 35.5. The number of benzene rings is 3. The van der Waals surface area contributed by atoms with Crippen LogP contribution in [0.15, 0.2) is 103 Å². The van der Waals surface area contributed by atoms with E-state index in [1.54, 1.807) is 17.5 Å². The van der Waals surface area contributed by atoms with Gasteiger partial charge in [-0.25, -0.2) is 15.0 Å². The van der Waals surface area contributed by atoms with Crippen LogP contribution in [0.1, 0.15) is 5.56 Å². The molecule has 0 saturated carbocycles. The number of halogens is 1. The van der Waals surface area contributed by atoms with Gasteiger partial charge in [-0.15, -0.1) is 11.3 Å². The molecule has 3 heterocycles. The van der Waals surface area contributed by atoms with E-state index in [0.29, 0.717) is 23.1 Å². The van der Waals surface area contributed by atoms with E-state index in [9.17, 15) is 4.79 Å². The SMILES string of the molecule is O=C(Cc1ccccc1)Nc1cccc(-c2nc3sccn3c2-c2ccnc(Nc3ccc(Cl)cc3)n2)c1. The Bertz CT molecular complexity index is 1730. The zero-order chi connectivity index (χ0) is 25.9. The first kappa shape index (κ1) is 23.8. The van der Waals surface area contributed by atoms with Gasteiger partial charge in [0.25, 0.3) is 0 Å². The van der Waals surface area contributed by atoms with Crippen molar-refractivity contribution in [2.24, 2.45) is 0 Å². The zero-order valence-electron chi connectivity index (χ0n) is 20.0.